The molecule has 0 aliphatic rings. The van der Waals surface area contributed by atoms with Gasteiger partial charge >= 0.3 is 11.7 Å². The molecule has 1 aromatic rings. The first kappa shape index (κ1) is 11.7. The summed E-state index contributed by atoms with van der Waals surface area (Å²) in [7, 11) is 0. The largest absolute Gasteiger partial charge is 0.477 e. The molecule has 0 saturated carbocycles. The lowest BCUT2D eigenvalue weighted by Crippen LogP contribution is -2.36. The predicted octanol–water partition coefficient (Wildman–Crippen LogP) is 0.578. The maximum atomic E-state index is 11.4. The highest BCUT2D eigenvalue weighted by molar-refractivity contribution is 9.10. The molecule has 0 atom stereocenters. The normalized spacial score (nSPS) is 10.7. The van der Waals surface area contributed by atoms with E-state index in [1.807, 2.05) is 4.98 Å². The Bertz CT molecular complexity index is 514. The Morgan fingerprint density at radius 2 is 2.00 bits per heavy atom. The number of H-pyrrole nitrogens is 1. The Balaban J connectivity index is 3.78. The molecule has 0 aliphatic heterocycles. The molecule has 1 aromatic heterocycles. The molecule has 2 N–H and O–H groups in total. The molecule has 0 aliphatic carbocycles. The van der Waals surface area contributed by atoms with Crippen LogP contribution < -0.4 is 11.2 Å². The zero-order chi connectivity index (χ0) is 11.7. The highest BCUT2D eigenvalue weighted by Gasteiger charge is 2.20. The number of carboxylic acid groups (broad SMARTS) is 1. The van der Waals surface area contributed by atoms with Crippen LogP contribution in [0.1, 0.15) is 30.4 Å². The topological polar surface area (TPSA) is 92.2 Å². The monoisotopic (exact) mass is 276 g/mol. The van der Waals surface area contributed by atoms with Crippen LogP contribution in [0.15, 0.2) is 14.1 Å². The molecule has 1 heterocycles. The van der Waals surface area contributed by atoms with Crippen molar-refractivity contribution in [2.75, 3.05) is 0 Å². The van der Waals surface area contributed by atoms with Crippen molar-refractivity contribution in [3.8, 4) is 0 Å². The molecule has 0 amide bonds. The number of nitrogens with zero attached hydrogens (tertiary/aromatic N) is 1. The van der Waals surface area contributed by atoms with Crippen LogP contribution in [0.5, 0.6) is 0 Å². The number of carboxylic acids is 1. The molecule has 6 nitrogen and oxygen atoms in total. The van der Waals surface area contributed by atoms with Gasteiger partial charge < -0.3 is 5.11 Å². The van der Waals surface area contributed by atoms with Crippen molar-refractivity contribution < 1.29 is 9.90 Å². The van der Waals surface area contributed by atoms with E-state index in [9.17, 15) is 14.4 Å². The number of nitrogens with one attached hydrogen (secondary N) is 1. The first-order valence-corrected chi connectivity index (χ1v) is 4.93. The average Bonchev–Trinajstić information content (AvgIpc) is 2.09. The van der Waals surface area contributed by atoms with E-state index in [0.29, 0.717) is 0 Å². The van der Waals surface area contributed by atoms with Gasteiger partial charge in [0, 0.05) is 6.04 Å². The second kappa shape index (κ2) is 4.01. The summed E-state index contributed by atoms with van der Waals surface area (Å²) in [4.78, 5) is 35.5. The van der Waals surface area contributed by atoms with Gasteiger partial charge in [-0.3, -0.25) is 14.3 Å². The third-order valence-corrected chi connectivity index (χ3v) is 2.54. The molecule has 0 fully saturated rings. The Labute approximate surface area is 92.7 Å². The first-order chi connectivity index (χ1) is 6.86. The van der Waals surface area contributed by atoms with Gasteiger partial charge in [-0.25, -0.2) is 9.59 Å². The van der Waals surface area contributed by atoms with Gasteiger partial charge in [0.2, 0.25) is 0 Å². The fourth-order valence-corrected chi connectivity index (χ4v) is 1.68. The van der Waals surface area contributed by atoms with E-state index in [0.717, 1.165) is 4.57 Å². The molecule has 0 spiro atoms. The number of aromatic nitrogens is 2. The first-order valence-electron chi connectivity index (χ1n) is 4.14. The molecule has 82 valence electrons. The van der Waals surface area contributed by atoms with E-state index in [4.69, 9.17) is 5.11 Å². The van der Waals surface area contributed by atoms with E-state index in [1.54, 1.807) is 13.8 Å². The Kier molecular flexibility index (Phi) is 3.13. The van der Waals surface area contributed by atoms with Crippen molar-refractivity contribution >= 4 is 21.9 Å². The summed E-state index contributed by atoms with van der Waals surface area (Å²) in [5.74, 6) is -1.32. The molecule has 0 aromatic carbocycles. The summed E-state index contributed by atoms with van der Waals surface area (Å²) in [5.41, 5.74) is -1.80. The summed E-state index contributed by atoms with van der Waals surface area (Å²) < 4.78 is 0.858. The summed E-state index contributed by atoms with van der Waals surface area (Å²) in [6.45, 7) is 3.30. The minimum Gasteiger partial charge on any atom is -0.477 e. The van der Waals surface area contributed by atoms with E-state index in [-0.39, 0.29) is 16.2 Å². The smallest absolute Gasteiger partial charge is 0.354 e. The number of carbonyl (C=O) groups is 1. The van der Waals surface area contributed by atoms with E-state index >= 15 is 0 Å². The second-order valence-electron chi connectivity index (χ2n) is 3.19. The van der Waals surface area contributed by atoms with Gasteiger partial charge in [-0.2, -0.15) is 0 Å². The van der Waals surface area contributed by atoms with E-state index < -0.39 is 17.2 Å². The molecule has 0 unspecified atom stereocenters. The lowest BCUT2D eigenvalue weighted by atomic mass is 10.3. The van der Waals surface area contributed by atoms with Gasteiger partial charge in [0.25, 0.3) is 5.56 Å². The highest BCUT2D eigenvalue weighted by Crippen LogP contribution is 2.13. The number of hydrogen-bond donors (Lipinski definition) is 2. The number of hydrogen-bond acceptors (Lipinski definition) is 3. The standard InChI is InChI=1S/C8H9BrN2O4/c1-3(2)11-5(7(13)14)4(9)6(12)10-8(11)15/h3H,1-2H3,(H,13,14)(H,10,12,15). The summed E-state index contributed by atoms with van der Waals surface area (Å²) in [6, 6.07) is -0.350. The van der Waals surface area contributed by atoms with Gasteiger partial charge in [-0.1, -0.05) is 0 Å². The molecular formula is C8H9BrN2O4. The number of aromatic amines is 1. The number of halogens is 1. The van der Waals surface area contributed by atoms with Crippen LogP contribution in [-0.4, -0.2) is 20.6 Å². The Hall–Kier alpha value is -1.37. The van der Waals surface area contributed by atoms with Gasteiger partial charge in [0.05, 0.1) is 0 Å². The fraction of sp³-hybridized carbons (Fsp3) is 0.375. The number of aromatic carboxylic acids is 1. The Morgan fingerprint density at radius 3 is 2.40 bits per heavy atom. The van der Waals surface area contributed by atoms with Crippen LogP contribution in [0.25, 0.3) is 0 Å². The van der Waals surface area contributed by atoms with Crippen LogP contribution in [0.3, 0.4) is 0 Å². The van der Waals surface area contributed by atoms with Gasteiger partial charge in [0.15, 0.2) is 5.69 Å². The SMILES string of the molecule is CC(C)n1c(C(=O)O)c(Br)c(=O)[nH]c1=O. The molecule has 0 bridgehead atoms. The zero-order valence-corrected chi connectivity index (χ0v) is 9.66. The molecular weight excluding hydrogens is 268 g/mol. The van der Waals surface area contributed by atoms with Crippen LogP contribution in [0, 0.1) is 0 Å². The lowest BCUT2D eigenvalue weighted by Gasteiger charge is -2.13. The van der Waals surface area contributed by atoms with Gasteiger partial charge in [-0.05, 0) is 29.8 Å². The van der Waals surface area contributed by atoms with Crippen LogP contribution in [-0.2, 0) is 0 Å². The zero-order valence-electron chi connectivity index (χ0n) is 8.07. The van der Waals surface area contributed by atoms with Crippen molar-refractivity contribution in [1.82, 2.24) is 9.55 Å². The quantitative estimate of drug-likeness (QED) is 0.827. The fourth-order valence-electron chi connectivity index (χ4n) is 1.22. The van der Waals surface area contributed by atoms with Gasteiger partial charge in [0.1, 0.15) is 4.47 Å². The Morgan fingerprint density at radius 1 is 1.47 bits per heavy atom. The van der Waals surface area contributed by atoms with Crippen molar-refractivity contribution in [2.45, 2.75) is 19.9 Å². The van der Waals surface area contributed by atoms with Crippen molar-refractivity contribution in [3.63, 3.8) is 0 Å². The van der Waals surface area contributed by atoms with E-state index in [1.165, 1.54) is 0 Å². The lowest BCUT2D eigenvalue weighted by molar-refractivity contribution is 0.0679. The molecule has 7 heteroatoms. The van der Waals surface area contributed by atoms with Crippen molar-refractivity contribution in [3.05, 3.63) is 31.0 Å². The average molecular weight is 277 g/mol. The van der Waals surface area contributed by atoms with Gasteiger partial charge in [-0.15, -0.1) is 0 Å². The molecule has 0 saturated heterocycles. The van der Waals surface area contributed by atoms with Crippen LogP contribution >= 0.6 is 15.9 Å². The maximum absolute atomic E-state index is 11.4. The molecule has 1 rings (SSSR count). The second-order valence-corrected chi connectivity index (χ2v) is 3.98. The summed E-state index contributed by atoms with van der Waals surface area (Å²) in [6.07, 6.45) is 0. The van der Waals surface area contributed by atoms with E-state index in [2.05, 4.69) is 15.9 Å². The maximum Gasteiger partial charge on any atom is 0.354 e. The number of rotatable bonds is 2. The van der Waals surface area contributed by atoms with Crippen LogP contribution in [0.2, 0.25) is 0 Å². The summed E-state index contributed by atoms with van der Waals surface area (Å²) in [5, 5.41) is 8.90. The van der Waals surface area contributed by atoms with Crippen LogP contribution in [0.4, 0.5) is 0 Å². The van der Waals surface area contributed by atoms with Crippen molar-refractivity contribution in [1.29, 1.82) is 0 Å². The molecule has 15 heavy (non-hydrogen) atoms. The minimum atomic E-state index is -1.32. The predicted molar refractivity (Wildman–Crippen MR) is 56.4 cm³/mol. The van der Waals surface area contributed by atoms with Crippen molar-refractivity contribution in [2.24, 2.45) is 0 Å². The summed E-state index contributed by atoms with van der Waals surface area (Å²) >= 11 is 2.85. The third kappa shape index (κ3) is 2.01. The highest BCUT2D eigenvalue weighted by atomic mass is 79.9. The molecule has 0 radical (unpaired) electrons. The minimum absolute atomic E-state index is 0.150. The third-order valence-electron chi connectivity index (χ3n) is 1.81.